The Bertz CT molecular complexity index is 1060. The standard InChI is InChI=1S/C15H16F2N6O8/c1-21-7(4-18-12(21)23(28)29)6-30-14(27)20-9-2-3-22(13(26)19-9)11-15(16,17)10(25)8(5-24)31-11/h2-4,8,10-11,24-25H,5-6H2,1H3,(H,19,20,26,27)/t8-,10-,11-/m1/s1. The molecule has 14 nitrogen and oxygen atoms in total. The number of imidazole rings is 1. The molecule has 3 atom stereocenters. The number of alkyl halides is 2. The van der Waals surface area contributed by atoms with Gasteiger partial charge < -0.3 is 29.8 Å². The summed E-state index contributed by atoms with van der Waals surface area (Å²) in [5.41, 5.74) is -1.02. The van der Waals surface area contributed by atoms with E-state index in [0.717, 1.165) is 23.0 Å². The van der Waals surface area contributed by atoms with Crippen molar-refractivity contribution in [1.82, 2.24) is 19.1 Å². The van der Waals surface area contributed by atoms with E-state index in [2.05, 4.69) is 15.3 Å². The third kappa shape index (κ3) is 4.21. The summed E-state index contributed by atoms with van der Waals surface area (Å²) in [5, 5.41) is 31.4. The van der Waals surface area contributed by atoms with Gasteiger partial charge in [-0.3, -0.25) is 9.88 Å². The van der Waals surface area contributed by atoms with Crippen LogP contribution in [-0.4, -0.2) is 65.1 Å². The van der Waals surface area contributed by atoms with Crippen molar-refractivity contribution in [2.45, 2.75) is 31.0 Å². The molecular weight excluding hydrogens is 430 g/mol. The van der Waals surface area contributed by atoms with Crippen molar-refractivity contribution < 1.29 is 38.2 Å². The van der Waals surface area contributed by atoms with E-state index in [0.29, 0.717) is 4.57 Å². The maximum Gasteiger partial charge on any atom is 0.434 e. The molecule has 0 spiro atoms. The number of nitrogens with zero attached hydrogens (tertiary/aromatic N) is 5. The third-order valence-electron chi connectivity index (χ3n) is 4.45. The lowest BCUT2D eigenvalue weighted by Gasteiger charge is -2.21. The number of rotatable bonds is 6. The number of aliphatic hydroxyl groups is 2. The Hall–Kier alpha value is -3.50. The molecule has 3 N–H and O–H groups in total. The number of aliphatic hydroxyl groups excluding tert-OH is 2. The predicted molar refractivity (Wildman–Crippen MR) is 94.1 cm³/mol. The molecule has 0 radical (unpaired) electrons. The van der Waals surface area contributed by atoms with Gasteiger partial charge in [-0.25, -0.2) is 14.2 Å². The molecule has 16 heteroatoms. The van der Waals surface area contributed by atoms with Gasteiger partial charge in [0.15, 0.2) is 18.4 Å². The average Bonchev–Trinajstić information content (AvgIpc) is 3.18. The van der Waals surface area contributed by atoms with Gasteiger partial charge in [0, 0.05) is 6.20 Å². The van der Waals surface area contributed by atoms with E-state index in [1.54, 1.807) is 0 Å². The van der Waals surface area contributed by atoms with Crippen LogP contribution in [0.25, 0.3) is 0 Å². The maximum absolute atomic E-state index is 14.1. The number of halogens is 2. The largest absolute Gasteiger partial charge is 0.441 e. The van der Waals surface area contributed by atoms with Gasteiger partial charge in [-0.15, -0.1) is 0 Å². The molecule has 0 unspecified atom stereocenters. The van der Waals surface area contributed by atoms with E-state index >= 15 is 0 Å². The van der Waals surface area contributed by atoms with Gasteiger partial charge in [-0.05, 0) is 11.0 Å². The second kappa shape index (κ2) is 8.32. The summed E-state index contributed by atoms with van der Waals surface area (Å²) < 4.78 is 39.5. The first kappa shape index (κ1) is 22.2. The minimum Gasteiger partial charge on any atom is -0.441 e. The lowest BCUT2D eigenvalue weighted by molar-refractivity contribution is -0.396. The zero-order valence-electron chi connectivity index (χ0n) is 15.7. The lowest BCUT2D eigenvalue weighted by atomic mass is 10.1. The number of aromatic nitrogens is 4. The van der Waals surface area contributed by atoms with E-state index in [1.165, 1.54) is 7.05 Å². The van der Waals surface area contributed by atoms with Gasteiger partial charge >= 0.3 is 23.7 Å². The van der Waals surface area contributed by atoms with Crippen LogP contribution in [0.3, 0.4) is 0 Å². The molecule has 31 heavy (non-hydrogen) atoms. The van der Waals surface area contributed by atoms with E-state index in [4.69, 9.17) is 14.6 Å². The summed E-state index contributed by atoms with van der Waals surface area (Å²) in [6.07, 6.45) is -5.21. The third-order valence-corrected chi connectivity index (χ3v) is 4.45. The van der Waals surface area contributed by atoms with Crippen LogP contribution in [0.4, 0.5) is 25.3 Å². The van der Waals surface area contributed by atoms with E-state index < -0.39 is 53.6 Å². The summed E-state index contributed by atoms with van der Waals surface area (Å²) in [6, 6.07) is 1.01. The first-order valence-corrected chi connectivity index (χ1v) is 8.56. The number of carbonyl (C=O) groups excluding carboxylic acids is 1. The normalized spacial score (nSPS) is 22.3. The second-order valence-corrected chi connectivity index (χ2v) is 6.40. The Balaban J connectivity index is 1.66. The summed E-state index contributed by atoms with van der Waals surface area (Å²) in [5.74, 6) is -4.66. The summed E-state index contributed by atoms with van der Waals surface area (Å²) >= 11 is 0. The van der Waals surface area contributed by atoms with Gasteiger partial charge in [0.25, 0.3) is 0 Å². The second-order valence-electron chi connectivity index (χ2n) is 6.40. The zero-order valence-corrected chi connectivity index (χ0v) is 15.7. The molecule has 1 aliphatic heterocycles. The highest BCUT2D eigenvalue weighted by atomic mass is 19.3. The molecule has 2 aromatic heterocycles. The van der Waals surface area contributed by atoms with Crippen LogP contribution in [0.1, 0.15) is 11.9 Å². The van der Waals surface area contributed by atoms with Gasteiger partial charge in [-0.1, -0.05) is 4.98 Å². The topological polar surface area (TPSA) is 184 Å². The molecular formula is C15H16F2N6O8. The molecule has 3 rings (SSSR count). The molecule has 3 heterocycles. The average molecular weight is 446 g/mol. The van der Waals surface area contributed by atoms with Crippen LogP contribution < -0.4 is 11.0 Å². The number of anilines is 1. The molecule has 1 fully saturated rings. The molecule has 0 bridgehead atoms. The van der Waals surface area contributed by atoms with Crippen molar-refractivity contribution in [3.8, 4) is 0 Å². The maximum atomic E-state index is 14.1. The van der Waals surface area contributed by atoms with Gasteiger partial charge in [0.1, 0.15) is 18.1 Å². The number of ether oxygens (including phenoxy) is 2. The summed E-state index contributed by atoms with van der Waals surface area (Å²) in [4.78, 5) is 41.0. The first-order valence-electron chi connectivity index (χ1n) is 8.56. The van der Waals surface area contributed by atoms with Crippen molar-refractivity contribution in [3.63, 3.8) is 0 Å². The number of amides is 1. The van der Waals surface area contributed by atoms with E-state index in [-0.39, 0.29) is 18.1 Å². The molecule has 1 saturated heterocycles. The number of hydrogen-bond acceptors (Lipinski definition) is 10. The van der Waals surface area contributed by atoms with E-state index in [9.17, 15) is 33.6 Å². The van der Waals surface area contributed by atoms with Crippen LogP contribution in [0, 0.1) is 10.1 Å². The van der Waals surface area contributed by atoms with Crippen molar-refractivity contribution in [2.75, 3.05) is 11.9 Å². The Morgan fingerprint density at radius 1 is 1.52 bits per heavy atom. The molecule has 1 amide bonds. The summed E-state index contributed by atoms with van der Waals surface area (Å²) in [7, 11) is 1.35. The quantitative estimate of drug-likeness (QED) is 0.387. The number of carbonyl (C=O) groups is 1. The molecule has 168 valence electrons. The lowest BCUT2D eigenvalue weighted by Crippen LogP contribution is -2.41. The Morgan fingerprint density at radius 3 is 2.77 bits per heavy atom. The van der Waals surface area contributed by atoms with Crippen molar-refractivity contribution in [2.24, 2.45) is 7.05 Å². The highest BCUT2D eigenvalue weighted by Gasteiger charge is 2.59. The van der Waals surface area contributed by atoms with Gasteiger partial charge in [-0.2, -0.15) is 13.8 Å². The van der Waals surface area contributed by atoms with Gasteiger partial charge in [0.05, 0.1) is 13.7 Å². The fraction of sp³-hybridized carbons (Fsp3) is 0.467. The zero-order chi connectivity index (χ0) is 22.9. The Kier molecular flexibility index (Phi) is 5.96. The first-order chi connectivity index (χ1) is 14.6. The monoisotopic (exact) mass is 446 g/mol. The van der Waals surface area contributed by atoms with Crippen LogP contribution in [-0.2, 0) is 23.1 Å². The number of hydrogen-bond donors (Lipinski definition) is 3. The van der Waals surface area contributed by atoms with Crippen LogP contribution in [0.5, 0.6) is 0 Å². The number of nitrogens with one attached hydrogen (secondary N) is 1. The van der Waals surface area contributed by atoms with Crippen molar-refractivity contribution in [1.29, 1.82) is 0 Å². The van der Waals surface area contributed by atoms with Crippen LogP contribution in [0.15, 0.2) is 23.3 Å². The van der Waals surface area contributed by atoms with Crippen LogP contribution >= 0.6 is 0 Å². The fourth-order valence-corrected chi connectivity index (χ4v) is 2.80. The van der Waals surface area contributed by atoms with Crippen LogP contribution in [0.2, 0.25) is 0 Å². The highest BCUT2D eigenvalue weighted by Crippen LogP contribution is 2.41. The molecule has 2 aromatic rings. The Labute approximate surface area is 170 Å². The minimum atomic E-state index is -3.88. The van der Waals surface area contributed by atoms with Crippen molar-refractivity contribution >= 4 is 17.9 Å². The molecule has 0 saturated carbocycles. The SMILES string of the molecule is Cn1c(COC(=O)Nc2ccn([C@@H]3O[C@H](CO)[C@@H](O)C3(F)F)c(=O)n2)cnc1[N+](=O)[O-]. The Morgan fingerprint density at radius 2 is 2.23 bits per heavy atom. The van der Waals surface area contributed by atoms with Crippen molar-refractivity contribution in [3.05, 3.63) is 44.8 Å². The highest BCUT2D eigenvalue weighted by molar-refractivity contribution is 5.83. The molecule has 0 aliphatic carbocycles. The smallest absolute Gasteiger partial charge is 0.434 e. The van der Waals surface area contributed by atoms with Gasteiger partial charge in [0.2, 0.25) is 6.23 Å². The fourth-order valence-electron chi connectivity index (χ4n) is 2.80. The predicted octanol–water partition coefficient (Wildman–Crippen LogP) is -0.480. The molecule has 0 aromatic carbocycles. The van der Waals surface area contributed by atoms with E-state index in [1.807, 2.05) is 0 Å². The number of nitro groups is 1. The summed E-state index contributed by atoms with van der Waals surface area (Å²) in [6.45, 7) is -1.27. The molecule has 1 aliphatic rings. The minimum absolute atomic E-state index is 0.211.